The van der Waals surface area contributed by atoms with E-state index >= 15 is 0 Å². The molecular weight excluding hydrogens is 238 g/mol. The van der Waals surface area contributed by atoms with Gasteiger partial charge in [-0.15, -0.1) is 0 Å². The third-order valence-corrected chi connectivity index (χ3v) is 2.61. The molecule has 0 radical (unpaired) electrons. The predicted octanol–water partition coefficient (Wildman–Crippen LogP) is 1.94. The Morgan fingerprint density at radius 3 is 2.82 bits per heavy atom. The molecule has 0 saturated carbocycles. The Hall–Kier alpha value is -1.36. The highest BCUT2D eigenvalue weighted by Crippen LogP contribution is 2.19. The van der Waals surface area contributed by atoms with Crippen LogP contribution in [0.2, 0.25) is 0 Å². The third-order valence-electron chi connectivity index (χ3n) is 2.03. The molecule has 0 amide bonds. The first-order chi connectivity index (χ1) is 8.24. The number of hydrogen-bond donors (Lipinski definition) is 1. The van der Waals surface area contributed by atoms with E-state index in [0.29, 0.717) is 18.0 Å². The number of nitrogens with two attached hydrogens (primary N) is 1. The summed E-state index contributed by atoms with van der Waals surface area (Å²) in [6, 6.07) is 7.20. The molecule has 1 aromatic rings. The molecule has 5 heteroatoms. The summed E-state index contributed by atoms with van der Waals surface area (Å²) in [5.74, 6) is 1.18. The predicted molar refractivity (Wildman–Crippen MR) is 70.3 cm³/mol. The molecule has 0 aromatic heterocycles. The molecular formula is C12H17NO3S. The second-order valence-corrected chi connectivity index (χ2v) is 4.34. The van der Waals surface area contributed by atoms with Gasteiger partial charge in [-0.3, -0.25) is 4.79 Å². The van der Waals surface area contributed by atoms with Gasteiger partial charge in [0.1, 0.15) is 12.4 Å². The lowest BCUT2D eigenvalue weighted by Gasteiger charge is -2.08. The standard InChI is InChI=1S/C12H17NO3S/c1-17-9-8-16-12(14)6-7-15-11-5-3-2-4-10(11)13/h2-5H,6-9,13H2,1H3. The first-order valence-electron chi connectivity index (χ1n) is 5.36. The number of carbonyl (C=O) groups is 1. The Bertz CT molecular complexity index is 357. The van der Waals surface area contributed by atoms with Crippen LogP contribution in [0.3, 0.4) is 0 Å². The van der Waals surface area contributed by atoms with Crippen LogP contribution in [0, 0.1) is 0 Å². The van der Waals surface area contributed by atoms with Gasteiger partial charge in [-0.05, 0) is 18.4 Å². The van der Waals surface area contributed by atoms with Crippen LogP contribution in [0.25, 0.3) is 0 Å². The molecule has 0 bridgehead atoms. The van der Waals surface area contributed by atoms with Crippen LogP contribution < -0.4 is 10.5 Å². The summed E-state index contributed by atoms with van der Waals surface area (Å²) >= 11 is 1.64. The van der Waals surface area contributed by atoms with Gasteiger partial charge in [0.15, 0.2) is 0 Å². The van der Waals surface area contributed by atoms with Crippen molar-refractivity contribution in [1.82, 2.24) is 0 Å². The van der Waals surface area contributed by atoms with E-state index in [1.807, 2.05) is 18.4 Å². The number of para-hydroxylation sites is 2. The zero-order chi connectivity index (χ0) is 12.5. The second kappa shape index (κ2) is 7.84. The highest BCUT2D eigenvalue weighted by atomic mass is 32.2. The van der Waals surface area contributed by atoms with E-state index < -0.39 is 0 Å². The highest BCUT2D eigenvalue weighted by molar-refractivity contribution is 7.98. The third kappa shape index (κ3) is 5.49. The quantitative estimate of drug-likeness (QED) is 0.458. The first-order valence-corrected chi connectivity index (χ1v) is 6.75. The molecule has 0 aliphatic heterocycles. The van der Waals surface area contributed by atoms with E-state index in [4.69, 9.17) is 15.2 Å². The van der Waals surface area contributed by atoms with Gasteiger partial charge in [0, 0.05) is 5.75 Å². The van der Waals surface area contributed by atoms with Crippen molar-refractivity contribution in [2.75, 3.05) is 31.0 Å². The molecule has 1 rings (SSSR count). The normalized spacial score (nSPS) is 9.94. The molecule has 17 heavy (non-hydrogen) atoms. The van der Waals surface area contributed by atoms with Gasteiger partial charge in [0.25, 0.3) is 0 Å². The lowest BCUT2D eigenvalue weighted by molar-refractivity contribution is -0.143. The van der Waals surface area contributed by atoms with Gasteiger partial charge in [-0.25, -0.2) is 0 Å². The largest absolute Gasteiger partial charge is 0.491 e. The number of benzene rings is 1. The Morgan fingerprint density at radius 2 is 2.12 bits per heavy atom. The van der Waals surface area contributed by atoms with Crippen molar-refractivity contribution in [3.05, 3.63) is 24.3 Å². The molecule has 1 aromatic carbocycles. The van der Waals surface area contributed by atoms with Crippen LogP contribution in [0.4, 0.5) is 5.69 Å². The number of thioether (sulfide) groups is 1. The highest BCUT2D eigenvalue weighted by Gasteiger charge is 2.04. The molecule has 0 saturated heterocycles. The molecule has 4 nitrogen and oxygen atoms in total. The minimum Gasteiger partial charge on any atom is -0.491 e. The number of carbonyl (C=O) groups excluding carboxylic acids is 1. The smallest absolute Gasteiger partial charge is 0.309 e. The summed E-state index contributed by atoms with van der Waals surface area (Å²) in [6.07, 6.45) is 2.21. The van der Waals surface area contributed by atoms with Gasteiger partial charge in [0.05, 0.1) is 18.7 Å². The summed E-state index contributed by atoms with van der Waals surface area (Å²) in [5, 5.41) is 0. The molecule has 0 spiro atoms. The molecule has 0 unspecified atom stereocenters. The van der Waals surface area contributed by atoms with Gasteiger partial charge in [-0.2, -0.15) is 11.8 Å². The van der Waals surface area contributed by atoms with E-state index in [9.17, 15) is 4.79 Å². The number of rotatable bonds is 7. The Morgan fingerprint density at radius 1 is 1.35 bits per heavy atom. The molecule has 0 aliphatic rings. The topological polar surface area (TPSA) is 61.5 Å². The van der Waals surface area contributed by atoms with Gasteiger partial charge >= 0.3 is 5.97 Å². The van der Waals surface area contributed by atoms with Crippen molar-refractivity contribution >= 4 is 23.4 Å². The van der Waals surface area contributed by atoms with Crippen molar-refractivity contribution in [3.63, 3.8) is 0 Å². The zero-order valence-electron chi connectivity index (χ0n) is 9.85. The number of esters is 1. The van der Waals surface area contributed by atoms with Crippen LogP contribution in [0.15, 0.2) is 24.3 Å². The van der Waals surface area contributed by atoms with E-state index in [-0.39, 0.29) is 19.0 Å². The summed E-state index contributed by atoms with van der Waals surface area (Å²) in [5.41, 5.74) is 6.26. The number of hydrogen-bond acceptors (Lipinski definition) is 5. The van der Waals surface area contributed by atoms with Crippen molar-refractivity contribution in [3.8, 4) is 5.75 Å². The zero-order valence-corrected chi connectivity index (χ0v) is 10.7. The molecule has 2 N–H and O–H groups in total. The maximum Gasteiger partial charge on any atom is 0.309 e. The van der Waals surface area contributed by atoms with E-state index in [2.05, 4.69) is 0 Å². The van der Waals surface area contributed by atoms with Crippen LogP contribution in [-0.2, 0) is 9.53 Å². The summed E-state index contributed by atoms with van der Waals surface area (Å²) in [7, 11) is 0. The fourth-order valence-corrected chi connectivity index (χ4v) is 1.42. The average Bonchev–Trinajstić information content (AvgIpc) is 2.32. The van der Waals surface area contributed by atoms with Crippen molar-refractivity contribution in [2.45, 2.75) is 6.42 Å². The Balaban J connectivity index is 2.19. The van der Waals surface area contributed by atoms with Gasteiger partial charge in [-0.1, -0.05) is 12.1 Å². The van der Waals surface area contributed by atoms with E-state index in [0.717, 1.165) is 5.75 Å². The molecule has 0 heterocycles. The average molecular weight is 255 g/mol. The minimum atomic E-state index is -0.242. The van der Waals surface area contributed by atoms with Crippen molar-refractivity contribution < 1.29 is 14.3 Å². The Labute approximate surface area is 105 Å². The van der Waals surface area contributed by atoms with E-state index in [1.165, 1.54) is 0 Å². The SMILES string of the molecule is CSCCOC(=O)CCOc1ccccc1N. The van der Waals surface area contributed by atoms with Crippen molar-refractivity contribution in [1.29, 1.82) is 0 Å². The summed E-state index contributed by atoms with van der Waals surface area (Å²) in [4.78, 5) is 11.3. The van der Waals surface area contributed by atoms with Crippen LogP contribution >= 0.6 is 11.8 Å². The number of ether oxygens (including phenoxy) is 2. The maximum absolute atomic E-state index is 11.3. The van der Waals surface area contributed by atoms with Gasteiger partial charge < -0.3 is 15.2 Å². The summed E-state index contributed by atoms with van der Waals surface area (Å²) < 4.78 is 10.4. The summed E-state index contributed by atoms with van der Waals surface area (Å²) in [6.45, 7) is 0.736. The van der Waals surface area contributed by atoms with Crippen LogP contribution in [0.5, 0.6) is 5.75 Å². The maximum atomic E-state index is 11.3. The lowest BCUT2D eigenvalue weighted by Crippen LogP contribution is -2.12. The monoisotopic (exact) mass is 255 g/mol. The first kappa shape index (κ1) is 13.7. The molecule has 0 aliphatic carbocycles. The molecule has 0 atom stereocenters. The molecule has 0 fully saturated rings. The second-order valence-electron chi connectivity index (χ2n) is 3.35. The van der Waals surface area contributed by atoms with Crippen molar-refractivity contribution in [2.24, 2.45) is 0 Å². The van der Waals surface area contributed by atoms with Gasteiger partial charge in [0.2, 0.25) is 0 Å². The minimum absolute atomic E-state index is 0.239. The van der Waals surface area contributed by atoms with Crippen LogP contribution in [0.1, 0.15) is 6.42 Å². The number of nitrogen functional groups attached to an aromatic ring is 1. The lowest BCUT2D eigenvalue weighted by atomic mass is 10.3. The Kier molecular flexibility index (Phi) is 6.32. The van der Waals surface area contributed by atoms with E-state index in [1.54, 1.807) is 23.9 Å². The van der Waals surface area contributed by atoms with Crippen LogP contribution in [-0.4, -0.2) is 31.2 Å². The fourth-order valence-electron chi connectivity index (χ4n) is 1.17. The number of anilines is 1. The fraction of sp³-hybridized carbons (Fsp3) is 0.417. The molecule has 94 valence electrons.